The Hall–Kier alpha value is -3.33. The Morgan fingerprint density at radius 2 is 1.76 bits per heavy atom. The Labute approximate surface area is 229 Å². The van der Waals surface area contributed by atoms with Crippen molar-refractivity contribution < 1.29 is 9.59 Å². The van der Waals surface area contributed by atoms with Crippen LogP contribution in [0.5, 0.6) is 0 Å². The number of amides is 2. The molecule has 0 spiro atoms. The Kier molecular flexibility index (Phi) is 8.53. The Bertz CT molecular complexity index is 1470. The van der Waals surface area contributed by atoms with Crippen molar-refractivity contribution in [1.29, 1.82) is 0 Å². The standard InChI is InChI=1S/C27H25Cl2N5O2S/c1-16-6-4-8-20(12-16)31-25(35)15-37-27-33-32-24(34(27)23-9-5-7-17(2)18(23)3)14-30-26(36)21-11-10-19(28)13-22(21)29/h4-13H,14-15H2,1-3H3,(H,30,36)(H,31,35). The average Bonchev–Trinajstić information content (AvgIpc) is 3.25. The van der Waals surface area contributed by atoms with Gasteiger partial charge < -0.3 is 10.6 Å². The van der Waals surface area contributed by atoms with Gasteiger partial charge in [-0.25, -0.2) is 0 Å². The highest BCUT2D eigenvalue weighted by Crippen LogP contribution is 2.26. The number of anilines is 1. The van der Waals surface area contributed by atoms with Crippen molar-refractivity contribution in [3.63, 3.8) is 0 Å². The van der Waals surface area contributed by atoms with Gasteiger partial charge in [0.25, 0.3) is 5.91 Å². The van der Waals surface area contributed by atoms with Crippen LogP contribution in [0.1, 0.15) is 32.9 Å². The molecule has 0 aliphatic heterocycles. The number of carbonyl (C=O) groups excluding carboxylic acids is 2. The monoisotopic (exact) mass is 553 g/mol. The highest BCUT2D eigenvalue weighted by molar-refractivity contribution is 7.99. The molecule has 2 amide bonds. The highest BCUT2D eigenvalue weighted by atomic mass is 35.5. The van der Waals surface area contributed by atoms with Gasteiger partial charge in [0, 0.05) is 10.7 Å². The van der Waals surface area contributed by atoms with Crippen molar-refractivity contribution >= 4 is 52.5 Å². The topological polar surface area (TPSA) is 88.9 Å². The van der Waals surface area contributed by atoms with Gasteiger partial charge in [0.2, 0.25) is 5.91 Å². The first-order valence-corrected chi connectivity index (χ1v) is 13.2. The maximum atomic E-state index is 12.8. The van der Waals surface area contributed by atoms with E-state index in [1.165, 1.54) is 17.8 Å². The molecule has 0 aliphatic rings. The number of rotatable bonds is 8. The first-order chi connectivity index (χ1) is 17.7. The molecule has 1 aromatic heterocycles. The van der Waals surface area contributed by atoms with Crippen LogP contribution in [0.25, 0.3) is 5.69 Å². The molecule has 0 atom stereocenters. The van der Waals surface area contributed by atoms with Crippen LogP contribution >= 0.6 is 35.0 Å². The summed E-state index contributed by atoms with van der Waals surface area (Å²) in [5.74, 6) is 0.153. The molecular formula is C27H25Cl2N5O2S. The fraction of sp³-hybridized carbons (Fsp3) is 0.185. The van der Waals surface area contributed by atoms with Crippen LogP contribution in [0.2, 0.25) is 10.0 Å². The lowest BCUT2D eigenvalue weighted by molar-refractivity contribution is -0.113. The van der Waals surface area contributed by atoms with Crippen LogP contribution in [-0.2, 0) is 11.3 Å². The number of aromatic nitrogens is 3. The largest absolute Gasteiger partial charge is 0.345 e. The lowest BCUT2D eigenvalue weighted by atomic mass is 10.1. The normalized spacial score (nSPS) is 10.8. The summed E-state index contributed by atoms with van der Waals surface area (Å²) in [5, 5.41) is 15.7. The summed E-state index contributed by atoms with van der Waals surface area (Å²) in [6.07, 6.45) is 0. The molecule has 0 bridgehead atoms. The molecule has 2 N–H and O–H groups in total. The maximum Gasteiger partial charge on any atom is 0.253 e. The van der Waals surface area contributed by atoms with Gasteiger partial charge in [-0.3, -0.25) is 14.2 Å². The second kappa shape index (κ2) is 11.8. The van der Waals surface area contributed by atoms with Gasteiger partial charge >= 0.3 is 0 Å². The zero-order chi connectivity index (χ0) is 26.5. The van der Waals surface area contributed by atoms with E-state index in [1.54, 1.807) is 12.1 Å². The number of benzene rings is 3. The summed E-state index contributed by atoms with van der Waals surface area (Å²) in [6.45, 7) is 6.11. The summed E-state index contributed by atoms with van der Waals surface area (Å²) in [7, 11) is 0. The van der Waals surface area contributed by atoms with Gasteiger partial charge in [-0.05, 0) is 73.9 Å². The second-order valence-corrected chi connectivity index (χ2v) is 10.3. The third-order valence-corrected chi connectivity index (χ3v) is 7.21. The molecule has 4 rings (SSSR count). The summed E-state index contributed by atoms with van der Waals surface area (Å²) >= 11 is 13.4. The molecule has 0 saturated carbocycles. The molecule has 0 radical (unpaired) electrons. The van der Waals surface area contributed by atoms with Crippen molar-refractivity contribution in [2.24, 2.45) is 0 Å². The minimum Gasteiger partial charge on any atom is -0.345 e. The summed E-state index contributed by atoms with van der Waals surface area (Å²) in [4.78, 5) is 25.4. The van der Waals surface area contributed by atoms with Crippen molar-refractivity contribution in [2.45, 2.75) is 32.5 Å². The Morgan fingerprint density at radius 1 is 0.973 bits per heavy atom. The van der Waals surface area contributed by atoms with E-state index < -0.39 is 0 Å². The lowest BCUT2D eigenvalue weighted by Crippen LogP contribution is -2.25. The van der Waals surface area contributed by atoms with Gasteiger partial charge in [-0.2, -0.15) is 0 Å². The van der Waals surface area contributed by atoms with E-state index in [-0.39, 0.29) is 29.1 Å². The van der Waals surface area contributed by atoms with Gasteiger partial charge in [0.05, 0.1) is 28.6 Å². The molecule has 0 fully saturated rings. The number of nitrogens with one attached hydrogen (secondary N) is 2. The number of hydrogen-bond acceptors (Lipinski definition) is 5. The number of nitrogens with zero attached hydrogens (tertiary/aromatic N) is 3. The predicted molar refractivity (Wildman–Crippen MR) is 149 cm³/mol. The fourth-order valence-corrected chi connectivity index (χ4v) is 4.96. The maximum absolute atomic E-state index is 12.8. The van der Waals surface area contributed by atoms with Gasteiger partial charge in [0.15, 0.2) is 11.0 Å². The predicted octanol–water partition coefficient (Wildman–Crippen LogP) is 6.16. The van der Waals surface area contributed by atoms with E-state index in [2.05, 4.69) is 20.8 Å². The van der Waals surface area contributed by atoms with Crippen LogP contribution in [0.4, 0.5) is 5.69 Å². The van der Waals surface area contributed by atoms with Crippen LogP contribution in [0.3, 0.4) is 0 Å². The molecule has 190 valence electrons. The first-order valence-electron chi connectivity index (χ1n) is 11.5. The van der Waals surface area contributed by atoms with E-state index in [0.717, 1.165) is 28.1 Å². The van der Waals surface area contributed by atoms with Crippen molar-refractivity contribution in [1.82, 2.24) is 20.1 Å². The van der Waals surface area contributed by atoms with Crippen LogP contribution in [0, 0.1) is 20.8 Å². The Balaban J connectivity index is 1.56. The summed E-state index contributed by atoms with van der Waals surface area (Å²) in [6, 6.07) is 18.3. The molecule has 4 aromatic rings. The van der Waals surface area contributed by atoms with Crippen LogP contribution in [-0.4, -0.2) is 32.3 Å². The number of hydrogen-bond donors (Lipinski definition) is 2. The SMILES string of the molecule is Cc1cccc(NC(=O)CSc2nnc(CNC(=O)c3ccc(Cl)cc3Cl)n2-c2cccc(C)c2C)c1. The van der Waals surface area contributed by atoms with E-state index in [9.17, 15) is 9.59 Å². The van der Waals surface area contributed by atoms with Gasteiger partial charge in [-0.15, -0.1) is 10.2 Å². The van der Waals surface area contributed by atoms with Crippen molar-refractivity contribution in [2.75, 3.05) is 11.1 Å². The van der Waals surface area contributed by atoms with E-state index in [0.29, 0.717) is 21.6 Å². The summed E-state index contributed by atoms with van der Waals surface area (Å²) < 4.78 is 1.87. The van der Waals surface area contributed by atoms with Crippen LogP contribution < -0.4 is 10.6 Å². The van der Waals surface area contributed by atoms with E-state index in [1.807, 2.05) is 67.8 Å². The number of aryl methyl sites for hydroxylation is 2. The quantitative estimate of drug-likeness (QED) is 0.255. The molecule has 0 unspecified atom stereocenters. The van der Waals surface area contributed by atoms with Gasteiger partial charge in [-0.1, -0.05) is 59.2 Å². The molecule has 0 aliphatic carbocycles. The minimum atomic E-state index is -0.357. The van der Waals surface area contributed by atoms with E-state index in [4.69, 9.17) is 23.2 Å². The molecular weight excluding hydrogens is 529 g/mol. The highest BCUT2D eigenvalue weighted by Gasteiger charge is 2.19. The number of thioether (sulfide) groups is 1. The third kappa shape index (κ3) is 6.52. The van der Waals surface area contributed by atoms with Crippen molar-refractivity contribution in [3.05, 3.63) is 98.8 Å². The number of carbonyl (C=O) groups is 2. The average molecular weight is 555 g/mol. The lowest BCUT2D eigenvalue weighted by Gasteiger charge is -2.15. The zero-order valence-corrected chi connectivity index (χ0v) is 22.8. The molecule has 0 saturated heterocycles. The third-order valence-electron chi connectivity index (χ3n) is 5.73. The van der Waals surface area contributed by atoms with E-state index >= 15 is 0 Å². The first kappa shape index (κ1) is 26.7. The van der Waals surface area contributed by atoms with Gasteiger partial charge in [0.1, 0.15) is 0 Å². The minimum absolute atomic E-state index is 0.105. The molecule has 1 heterocycles. The molecule has 3 aromatic carbocycles. The Morgan fingerprint density at radius 3 is 2.51 bits per heavy atom. The second-order valence-electron chi connectivity index (χ2n) is 8.47. The van der Waals surface area contributed by atoms with Crippen molar-refractivity contribution in [3.8, 4) is 5.69 Å². The smallest absolute Gasteiger partial charge is 0.253 e. The number of halogens is 2. The fourth-order valence-electron chi connectivity index (χ4n) is 3.71. The van der Waals surface area contributed by atoms with Crippen LogP contribution in [0.15, 0.2) is 65.8 Å². The molecule has 7 nitrogen and oxygen atoms in total. The molecule has 37 heavy (non-hydrogen) atoms. The molecule has 10 heteroatoms. The summed E-state index contributed by atoms with van der Waals surface area (Å²) in [5.41, 5.74) is 5.13. The zero-order valence-electron chi connectivity index (χ0n) is 20.5.